The van der Waals surface area contributed by atoms with Crippen LogP contribution in [0, 0.1) is 5.92 Å². The van der Waals surface area contributed by atoms with Gasteiger partial charge in [-0.3, -0.25) is 0 Å². The van der Waals surface area contributed by atoms with Crippen molar-refractivity contribution in [3.63, 3.8) is 0 Å². The van der Waals surface area contributed by atoms with E-state index in [1.807, 2.05) is 12.1 Å². The number of carbonyl (C=O) groups is 1. The highest BCUT2D eigenvalue weighted by atomic mass is 16.7. The molecule has 1 saturated heterocycles. The lowest BCUT2D eigenvalue weighted by Gasteiger charge is -2.20. The Bertz CT molecular complexity index is 772. The Balaban J connectivity index is 2.22. The minimum absolute atomic E-state index is 0.0108. The molecule has 0 aliphatic carbocycles. The Hall–Kier alpha value is -2.09. The van der Waals surface area contributed by atoms with Crippen molar-refractivity contribution in [2.45, 2.75) is 65.1 Å². The van der Waals surface area contributed by atoms with Crippen molar-refractivity contribution in [1.82, 2.24) is 0 Å². The predicted octanol–water partition coefficient (Wildman–Crippen LogP) is 5.26. The first-order chi connectivity index (χ1) is 15.8. The molecule has 0 amide bonds. The number of benzene rings is 1. The molecule has 7 heteroatoms. The average molecular weight is 465 g/mol. The molecule has 33 heavy (non-hydrogen) atoms. The van der Waals surface area contributed by atoms with Gasteiger partial charge in [-0.05, 0) is 57.6 Å². The highest BCUT2D eigenvalue weighted by Crippen LogP contribution is 2.37. The van der Waals surface area contributed by atoms with Gasteiger partial charge < -0.3 is 28.4 Å². The molecule has 0 saturated carbocycles. The van der Waals surface area contributed by atoms with Gasteiger partial charge in [0.25, 0.3) is 0 Å². The molecule has 0 bridgehead atoms. The lowest BCUT2D eigenvalue weighted by atomic mass is 9.91. The molecule has 0 unspecified atom stereocenters. The molecule has 1 aliphatic heterocycles. The van der Waals surface area contributed by atoms with Crippen molar-refractivity contribution in [3.05, 3.63) is 29.3 Å². The fourth-order valence-corrected chi connectivity index (χ4v) is 4.06. The maximum absolute atomic E-state index is 12.7. The Morgan fingerprint density at radius 3 is 2.70 bits per heavy atom. The monoisotopic (exact) mass is 464 g/mol. The van der Waals surface area contributed by atoms with Crippen LogP contribution in [0.25, 0.3) is 6.08 Å². The van der Waals surface area contributed by atoms with Crippen molar-refractivity contribution >= 4 is 12.0 Å². The minimum Gasteiger partial charge on any atom is -0.497 e. The molecule has 1 fully saturated rings. The number of ether oxygens (including phenoxy) is 6. The molecule has 0 aromatic heterocycles. The summed E-state index contributed by atoms with van der Waals surface area (Å²) in [5, 5.41) is 0. The fraction of sp³-hybridized carbons (Fsp3) is 0.654. The lowest BCUT2D eigenvalue weighted by molar-refractivity contribution is -0.0605. The molecule has 2 rings (SSSR count). The summed E-state index contributed by atoms with van der Waals surface area (Å²) in [6.45, 7) is 9.81. The van der Waals surface area contributed by atoms with Crippen LogP contribution in [0.1, 0.15) is 69.3 Å². The topological polar surface area (TPSA) is 72.5 Å². The molecule has 0 N–H and O–H groups in total. The fourth-order valence-electron chi connectivity index (χ4n) is 4.06. The summed E-state index contributed by atoms with van der Waals surface area (Å²) >= 11 is 0. The third kappa shape index (κ3) is 8.32. The van der Waals surface area contributed by atoms with Gasteiger partial charge in [-0.15, -0.1) is 0 Å². The molecule has 1 aromatic rings. The van der Waals surface area contributed by atoms with Crippen molar-refractivity contribution in [3.8, 4) is 11.5 Å². The van der Waals surface area contributed by atoms with Gasteiger partial charge in [0, 0.05) is 19.8 Å². The van der Waals surface area contributed by atoms with Crippen LogP contribution in [0.5, 0.6) is 11.5 Å². The van der Waals surface area contributed by atoms with Crippen LogP contribution in [0.15, 0.2) is 18.2 Å². The summed E-state index contributed by atoms with van der Waals surface area (Å²) in [6.07, 6.45) is 7.98. The molecule has 1 aromatic carbocycles. The van der Waals surface area contributed by atoms with E-state index in [2.05, 4.69) is 26.8 Å². The van der Waals surface area contributed by atoms with Gasteiger partial charge in [-0.1, -0.05) is 25.5 Å². The maximum atomic E-state index is 12.7. The van der Waals surface area contributed by atoms with Gasteiger partial charge in [0.2, 0.25) is 0 Å². The molecule has 1 aliphatic rings. The second kappa shape index (κ2) is 13.6. The van der Waals surface area contributed by atoms with E-state index in [0.29, 0.717) is 35.2 Å². The van der Waals surface area contributed by atoms with Gasteiger partial charge in [0.05, 0.1) is 32.0 Å². The van der Waals surface area contributed by atoms with Crippen LogP contribution in [0.4, 0.5) is 0 Å². The van der Waals surface area contributed by atoms with Crippen LogP contribution in [0.3, 0.4) is 0 Å². The molecular formula is C26H40O7. The molecule has 1 heterocycles. The zero-order valence-corrected chi connectivity index (χ0v) is 21.0. The van der Waals surface area contributed by atoms with Crippen LogP contribution in [-0.4, -0.2) is 58.5 Å². The number of hydrogen-bond donors (Lipinski definition) is 0. The van der Waals surface area contributed by atoms with E-state index >= 15 is 0 Å². The van der Waals surface area contributed by atoms with Gasteiger partial charge in [-0.25, -0.2) is 4.79 Å². The van der Waals surface area contributed by atoms with Crippen molar-refractivity contribution in [2.24, 2.45) is 5.92 Å². The van der Waals surface area contributed by atoms with Crippen molar-refractivity contribution < 1.29 is 33.2 Å². The average Bonchev–Trinajstić information content (AvgIpc) is 3.08. The number of unbranched alkanes of at least 4 members (excludes halogenated alkanes) is 1. The Labute approximate surface area is 198 Å². The number of hydrogen-bond acceptors (Lipinski definition) is 7. The van der Waals surface area contributed by atoms with E-state index in [-0.39, 0.29) is 25.1 Å². The normalized spacial score (nSPS) is 19.7. The maximum Gasteiger partial charge on any atom is 0.342 e. The Morgan fingerprint density at radius 2 is 2.03 bits per heavy atom. The van der Waals surface area contributed by atoms with Crippen LogP contribution < -0.4 is 9.47 Å². The van der Waals surface area contributed by atoms with Crippen LogP contribution in [-0.2, 0) is 18.9 Å². The lowest BCUT2D eigenvalue weighted by Crippen LogP contribution is -2.25. The summed E-state index contributed by atoms with van der Waals surface area (Å²) in [5.41, 5.74) is 0.853. The molecule has 2 atom stereocenters. The second-order valence-corrected chi connectivity index (χ2v) is 8.81. The molecular weight excluding hydrogens is 424 g/mol. The van der Waals surface area contributed by atoms with E-state index in [4.69, 9.17) is 28.4 Å². The van der Waals surface area contributed by atoms with E-state index in [1.54, 1.807) is 20.1 Å². The summed E-state index contributed by atoms with van der Waals surface area (Å²) in [4.78, 5) is 12.7. The number of methoxy groups -OCH3 is 2. The van der Waals surface area contributed by atoms with Gasteiger partial charge >= 0.3 is 5.97 Å². The number of allylic oxidation sites excluding steroid dienone is 1. The van der Waals surface area contributed by atoms with Gasteiger partial charge in [0.1, 0.15) is 17.1 Å². The van der Waals surface area contributed by atoms with Crippen LogP contribution >= 0.6 is 0 Å². The second-order valence-electron chi connectivity index (χ2n) is 8.81. The number of carbonyl (C=O) groups excluding carboxylic acids is 1. The minimum atomic E-state index is -0.446. The summed E-state index contributed by atoms with van der Waals surface area (Å²) in [6, 6.07) is 3.47. The van der Waals surface area contributed by atoms with Crippen molar-refractivity contribution in [1.29, 1.82) is 0 Å². The van der Waals surface area contributed by atoms with Crippen LogP contribution in [0.2, 0.25) is 0 Å². The number of rotatable bonds is 14. The zero-order valence-electron chi connectivity index (χ0n) is 21.0. The first-order valence-electron chi connectivity index (χ1n) is 11.8. The Morgan fingerprint density at radius 1 is 1.24 bits per heavy atom. The van der Waals surface area contributed by atoms with E-state index in [1.165, 1.54) is 7.11 Å². The molecule has 7 nitrogen and oxygen atoms in total. The molecule has 0 radical (unpaired) electrons. The third-order valence-corrected chi connectivity index (χ3v) is 5.56. The smallest absolute Gasteiger partial charge is 0.342 e. The molecule has 0 spiro atoms. The molecule has 186 valence electrons. The van der Waals surface area contributed by atoms with E-state index in [9.17, 15) is 4.79 Å². The largest absolute Gasteiger partial charge is 0.497 e. The highest BCUT2D eigenvalue weighted by molar-refractivity contribution is 5.97. The Kier molecular flexibility index (Phi) is 11.2. The van der Waals surface area contributed by atoms with Gasteiger partial charge in [-0.2, -0.15) is 0 Å². The summed E-state index contributed by atoms with van der Waals surface area (Å²) in [5.74, 6) is 0.834. The summed E-state index contributed by atoms with van der Waals surface area (Å²) < 4.78 is 33.5. The standard InChI is InChI=1S/C26H40O7/c1-7-9-13-30-17-23-20(16-26(3,4)33-23)12-10-11-19-14-21(29-6)15-22(32-18-28-5)24(19)25(27)31-8-2/h10-11,14-15,20,23H,7-9,12-13,16-18H2,1-6H3/b11-10+/t20-,23-/m1/s1. The van der Waals surface area contributed by atoms with Crippen molar-refractivity contribution in [2.75, 3.05) is 40.8 Å². The zero-order chi connectivity index (χ0) is 24.3. The van der Waals surface area contributed by atoms with E-state index in [0.717, 1.165) is 32.3 Å². The SMILES string of the molecule is CCCCOC[C@H]1OC(C)(C)C[C@H]1C/C=C/c1cc(OC)cc(OCOC)c1C(=O)OCC. The first kappa shape index (κ1) is 27.2. The third-order valence-electron chi connectivity index (χ3n) is 5.56. The van der Waals surface area contributed by atoms with Gasteiger partial charge in [0.15, 0.2) is 6.79 Å². The predicted molar refractivity (Wildman–Crippen MR) is 128 cm³/mol. The van der Waals surface area contributed by atoms with E-state index < -0.39 is 5.97 Å². The first-order valence-corrected chi connectivity index (χ1v) is 11.8. The quantitative estimate of drug-likeness (QED) is 0.211. The number of esters is 1. The highest BCUT2D eigenvalue weighted by Gasteiger charge is 2.39. The summed E-state index contributed by atoms with van der Waals surface area (Å²) in [7, 11) is 3.10.